The lowest BCUT2D eigenvalue weighted by Gasteiger charge is -2.35. The summed E-state index contributed by atoms with van der Waals surface area (Å²) in [4.78, 5) is 2.42. The maximum Gasteiger partial charge on any atom is 0.0169 e. The molecule has 0 spiro atoms. The molecule has 0 radical (unpaired) electrons. The van der Waals surface area contributed by atoms with Crippen molar-refractivity contribution in [2.75, 3.05) is 26.2 Å². The molecule has 3 N–H and O–H groups in total. The SMILES string of the molecule is C[C@@H]1CN(CCN)C[C@H](C)N1.Cl.Cl.Cl. The molecule has 1 rings (SSSR count). The van der Waals surface area contributed by atoms with Gasteiger partial charge in [0.05, 0.1) is 0 Å². The molecule has 0 unspecified atom stereocenters. The topological polar surface area (TPSA) is 41.3 Å². The normalized spacial score (nSPS) is 26.8. The number of nitrogens with two attached hydrogens (primary N) is 1. The van der Waals surface area contributed by atoms with E-state index in [-0.39, 0.29) is 37.2 Å². The average molecular weight is 267 g/mol. The summed E-state index contributed by atoms with van der Waals surface area (Å²) in [6.45, 7) is 8.54. The summed E-state index contributed by atoms with van der Waals surface area (Å²) in [5.41, 5.74) is 5.49. The Kier molecular flexibility index (Phi) is 14.8. The van der Waals surface area contributed by atoms with Crippen molar-refractivity contribution in [2.45, 2.75) is 25.9 Å². The van der Waals surface area contributed by atoms with E-state index in [0.717, 1.165) is 26.2 Å². The predicted octanol–water partition coefficient (Wildman–Crippen LogP) is 0.893. The summed E-state index contributed by atoms with van der Waals surface area (Å²) in [6.07, 6.45) is 0. The van der Waals surface area contributed by atoms with Crippen LogP contribution in [0.15, 0.2) is 0 Å². The number of halogens is 3. The minimum atomic E-state index is 0. The first-order chi connectivity index (χ1) is 5.22. The molecule has 14 heavy (non-hydrogen) atoms. The van der Waals surface area contributed by atoms with Gasteiger partial charge in [-0.3, -0.25) is 4.90 Å². The van der Waals surface area contributed by atoms with E-state index < -0.39 is 0 Å². The zero-order valence-electron chi connectivity index (χ0n) is 8.73. The molecule has 1 saturated heterocycles. The zero-order valence-corrected chi connectivity index (χ0v) is 11.2. The van der Waals surface area contributed by atoms with Crippen LogP contribution in [-0.2, 0) is 0 Å². The van der Waals surface area contributed by atoms with Crippen LogP contribution in [0.2, 0.25) is 0 Å². The quantitative estimate of drug-likeness (QED) is 0.780. The number of rotatable bonds is 2. The Morgan fingerprint density at radius 3 is 1.93 bits per heavy atom. The molecular weight excluding hydrogens is 244 g/mol. The van der Waals surface area contributed by atoms with E-state index in [1.54, 1.807) is 0 Å². The molecule has 0 aromatic rings. The second kappa shape index (κ2) is 10.3. The molecular formula is C8H22Cl3N3. The van der Waals surface area contributed by atoms with E-state index >= 15 is 0 Å². The van der Waals surface area contributed by atoms with Crippen LogP contribution in [0.5, 0.6) is 0 Å². The molecule has 0 amide bonds. The van der Waals surface area contributed by atoms with E-state index in [1.807, 2.05) is 0 Å². The van der Waals surface area contributed by atoms with Crippen molar-refractivity contribution in [3.63, 3.8) is 0 Å². The molecule has 1 aliphatic heterocycles. The summed E-state index contributed by atoms with van der Waals surface area (Å²) in [5, 5.41) is 3.49. The number of hydrogen-bond donors (Lipinski definition) is 2. The van der Waals surface area contributed by atoms with Gasteiger partial charge in [0.25, 0.3) is 0 Å². The van der Waals surface area contributed by atoms with Gasteiger partial charge in [-0.2, -0.15) is 0 Å². The van der Waals surface area contributed by atoms with Crippen LogP contribution in [0.4, 0.5) is 0 Å². The van der Waals surface area contributed by atoms with Crippen LogP contribution in [0.1, 0.15) is 13.8 Å². The lowest BCUT2D eigenvalue weighted by atomic mass is 10.1. The molecule has 1 aliphatic rings. The molecule has 0 aromatic carbocycles. The van der Waals surface area contributed by atoms with Crippen LogP contribution in [0.25, 0.3) is 0 Å². The van der Waals surface area contributed by atoms with Gasteiger partial charge in [-0.25, -0.2) is 0 Å². The minimum absolute atomic E-state index is 0. The Morgan fingerprint density at radius 2 is 1.57 bits per heavy atom. The van der Waals surface area contributed by atoms with Crippen LogP contribution in [0.3, 0.4) is 0 Å². The van der Waals surface area contributed by atoms with Gasteiger partial charge in [-0.05, 0) is 13.8 Å². The van der Waals surface area contributed by atoms with E-state index in [4.69, 9.17) is 5.73 Å². The Labute approximate surface area is 105 Å². The number of hydrogen-bond acceptors (Lipinski definition) is 3. The molecule has 0 bridgehead atoms. The van der Waals surface area contributed by atoms with Gasteiger partial charge < -0.3 is 11.1 Å². The minimum Gasteiger partial charge on any atom is -0.329 e. The fraction of sp³-hybridized carbons (Fsp3) is 1.00. The van der Waals surface area contributed by atoms with Crippen molar-refractivity contribution in [1.29, 1.82) is 0 Å². The summed E-state index contributed by atoms with van der Waals surface area (Å²) in [5.74, 6) is 0. The highest BCUT2D eigenvalue weighted by molar-refractivity contribution is 5.86. The summed E-state index contributed by atoms with van der Waals surface area (Å²) in [6, 6.07) is 1.23. The molecule has 1 heterocycles. The van der Waals surface area contributed by atoms with Gasteiger partial charge in [-0.1, -0.05) is 0 Å². The third-order valence-electron chi connectivity index (χ3n) is 2.08. The molecule has 3 nitrogen and oxygen atoms in total. The highest BCUT2D eigenvalue weighted by Crippen LogP contribution is 2.02. The second-order valence-electron chi connectivity index (χ2n) is 3.52. The summed E-state index contributed by atoms with van der Waals surface area (Å²) < 4.78 is 0. The lowest BCUT2D eigenvalue weighted by Crippen LogP contribution is -2.54. The highest BCUT2D eigenvalue weighted by Gasteiger charge is 2.19. The van der Waals surface area contributed by atoms with Crippen molar-refractivity contribution in [3.8, 4) is 0 Å². The maximum absolute atomic E-state index is 5.49. The number of nitrogens with one attached hydrogen (secondary N) is 1. The van der Waals surface area contributed by atoms with Crippen LogP contribution in [-0.4, -0.2) is 43.2 Å². The second-order valence-corrected chi connectivity index (χ2v) is 3.52. The van der Waals surface area contributed by atoms with E-state index in [2.05, 4.69) is 24.1 Å². The lowest BCUT2D eigenvalue weighted by molar-refractivity contribution is 0.178. The van der Waals surface area contributed by atoms with Crippen LogP contribution in [0, 0.1) is 0 Å². The average Bonchev–Trinajstić information content (AvgIpc) is 1.85. The summed E-state index contributed by atoms with van der Waals surface area (Å²) >= 11 is 0. The number of piperazine rings is 1. The third kappa shape index (κ3) is 7.10. The molecule has 6 heteroatoms. The van der Waals surface area contributed by atoms with Gasteiger partial charge in [0.1, 0.15) is 0 Å². The highest BCUT2D eigenvalue weighted by atomic mass is 35.5. The number of nitrogens with zero attached hydrogens (tertiary/aromatic N) is 1. The van der Waals surface area contributed by atoms with Crippen LogP contribution >= 0.6 is 37.2 Å². The predicted molar refractivity (Wildman–Crippen MR) is 69.3 cm³/mol. The summed E-state index contributed by atoms with van der Waals surface area (Å²) in [7, 11) is 0. The standard InChI is InChI=1S/C8H19N3.3ClH/c1-7-5-11(4-3-9)6-8(2)10-7;;;/h7-8,10H,3-6,9H2,1-2H3;3*1H/t7-,8+;;;. The van der Waals surface area contributed by atoms with Gasteiger partial charge >= 0.3 is 0 Å². The molecule has 1 fully saturated rings. The Balaban J connectivity index is -0.000000403. The van der Waals surface area contributed by atoms with Crippen molar-refractivity contribution < 1.29 is 0 Å². The van der Waals surface area contributed by atoms with Gasteiger partial charge in [0, 0.05) is 38.3 Å². The Bertz CT molecular complexity index is 116. The fourth-order valence-electron chi connectivity index (χ4n) is 1.81. The van der Waals surface area contributed by atoms with E-state index in [1.165, 1.54) is 0 Å². The molecule has 0 aliphatic carbocycles. The monoisotopic (exact) mass is 265 g/mol. The first-order valence-corrected chi connectivity index (χ1v) is 4.41. The molecule has 0 saturated carbocycles. The Hall–Kier alpha value is 0.750. The van der Waals surface area contributed by atoms with E-state index in [0.29, 0.717) is 12.1 Å². The third-order valence-corrected chi connectivity index (χ3v) is 2.08. The van der Waals surface area contributed by atoms with E-state index in [9.17, 15) is 0 Å². The smallest absolute Gasteiger partial charge is 0.0169 e. The van der Waals surface area contributed by atoms with Gasteiger partial charge in [0.2, 0.25) is 0 Å². The van der Waals surface area contributed by atoms with Crippen molar-refractivity contribution in [2.24, 2.45) is 5.73 Å². The first-order valence-electron chi connectivity index (χ1n) is 4.41. The first kappa shape index (κ1) is 20.2. The molecule has 0 aromatic heterocycles. The van der Waals surface area contributed by atoms with Crippen molar-refractivity contribution in [3.05, 3.63) is 0 Å². The zero-order chi connectivity index (χ0) is 8.27. The largest absolute Gasteiger partial charge is 0.329 e. The maximum atomic E-state index is 5.49. The molecule has 90 valence electrons. The van der Waals surface area contributed by atoms with Gasteiger partial charge in [0.15, 0.2) is 0 Å². The molecule has 2 atom stereocenters. The fourth-order valence-corrected chi connectivity index (χ4v) is 1.81. The van der Waals surface area contributed by atoms with Gasteiger partial charge in [-0.15, -0.1) is 37.2 Å². The van der Waals surface area contributed by atoms with Crippen molar-refractivity contribution in [1.82, 2.24) is 10.2 Å². The Morgan fingerprint density at radius 1 is 1.14 bits per heavy atom. The van der Waals surface area contributed by atoms with Crippen LogP contribution < -0.4 is 11.1 Å². The van der Waals surface area contributed by atoms with Crippen molar-refractivity contribution >= 4 is 37.2 Å².